The molecule has 1 saturated heterocycles. The Bertz CT molecular complexity index is 380. The van der Waals surface area contributed by atoms with Gasteiger partial charge in [0, 0.05) is 12.7 Å². The molecule has 92 valence electrons. The summed E-state index contributed by atoms with van der Waals surface area (Å²) in [6.45, 7) is 5.78. The second-order valence-electron chi connectivity index (χ2n) is 4.73. The quantitative estimate of drug-likeness (QED) is 0.822. The van der Waals surface area contributed by atoms with Gasteiger partial charge in [-0.2, -0.15) is 0 Å². The zero-order chi connectivity index (χ0) is 12.3. The van der Waals surface area contributed by atoms with Crippen LogP contribution in [0.5, 0.6) is 0 Å². The molecule has 1 aromatic rings. The van der Waals surface area contributed by atoms with Crippen molar-refractivity contribution in [3.8, 4) is 0 Å². The van der Waals surface area contributed by atoms with Crippen LogP contribution in [-0.2, 0) is 4.79 Å². The predicted octanol–water partition coefficient (Wildman–Crippen LogP) is 1.11. The number of nitrogens with one attached hydrogen (secondary N) is 2. The first kappa shape index (κ1) is 12.0. The van der Waals surface area contributed by atoms with Gasteiger partial charge >= 0.3 is 0 Å². The van der Waals surface area contributed by atoms with E-state index in [0.717, 1.165) is 18.8 Å². The third-order valence-corrected chi connectivity index (χ3v) is 3.34. The van der Waals surface area contributed by atoms with Crippen LogP contribution in [0.15, 0.2) is 24.4 Å². The lowest BCUT2D eigenvalue weighted by molar-refractivity contribution is -0.126. The van der Waals surface area contributed by atoms with Gasteiger partial charge in [-0.3, -0.25) is 9.78 Å². The Kier molecular flexibility index (Phi) is 3.74. The standard InChI is InChI=1S/C13H19N3O/c1-9-7-14-8-11(9)13(17)16-10(2)12-5-3-4-6-15-12/h3-6,9-11,14H,7-8H2,1-2H3,(H,16,17). The number of carbonyl (C=O) groups is 1. The van der Waals surface area contributed by atoms with E-state index < -0.39 is 0 Å². The molecule has 1 aliphatic heterocycles. The minimum Gasteiger partial charge on any atom is -0.348 e. The van der Waals surface area contributed by atoms with Gasteiger partial charge in [-0.25, -0.2) is 0 Å². The molecule has 0 saturated carbocycles. The molecule has 0 aromatic carbocycles. The molecule has 3 unspecified atom stereocenters. The number of hydrogen-bond acceptors (Lipinski definition) is 3. The molecule has 2 N–H and O–H groups in total. The smallest absolute Gasteiger partial charge is 0.225 e. The van der Waals surface area contributed by atoms with E-state index in [1.165, 1.54) is 0 Å². The molecule has 0 bridgehead atoms. The Morgan fingerprint density at radius 1 is 1.53 bits per heavy atom. The molecule has 1 aromatic heterocycles. The lowest BCUT2D eigenvalue weighted by Crippen LogP contribution is -2.36. The molecule has 0 spiro atoms. The van der Waals surface area contributed by atoms with Gasteiger partial charge in [0.1, 0.15) is 0 Å². The number of amides is 1. The van der Waals surface area contributed by atoms with E-state index in [4.69, 9.17) is 0 Å². The van der Waals surface area contributed by atoms with Crippen LogP contribution in [-0.4, -0.2) is 24.0 Å². The van der Waals surface area contributed by atoms with E-state index in [0.29, 0.717) is 5.92 Å². The van der Waals surface area contributed by atoms with E-state index in [1.807, 2.05) is 25.1 Å². The third kappa shape index (κ3) is 2.82. The molecular weight excluding hydrogens is 214 g/mol. The van der Waals surface area contributed by atoms with Crippen molar-refractivity contribution in [2.45, 2.75) is 19.9 Å². The molecule has 1 amide bonds. The van der Waals surface area contributed by atoms with Crippen LogP contribution in [0.25, 0.3) is 0 Å². The van der Waals surface area contributed by atoms with Crippen LogP contribution in [0.3, 0.4) is 0 Å². The number of hydrogen-bond donors (Lipinski definition) is 2. The second kappa shape index (κ2) is 5.27. The minimum absolute atomic E-state index is 0.0310. The molecule has 1 aliphatic rings. The highest BCUT2D eigenvalue weighted by molar-refractivity contribution is 5.79. The van der Waals surface area contributed by atoms with Crippen molar-refractivity contribution in [2.24, 2.45) is 11.8 Å². The minimum atomic E-state index is -0.0310. The van der Waals surface area contributed by atoms with Gasteiger partial charge < -0.3 is 10.6 Å². The van der Waals surface area contributed by atoms with Crippen molar-refractivity contribution in [1.82, 2.24) is 15.6 Å². The number of aromatic nitrogens is 1. The van der Waals surface area contributed by atoms with Gasteiger partial charge in [0.25, 0.3) is 0 Å². The maximum atomic E-state index is 12.1. The molecule has 1 fully saturated rings. The van der Waals surface area contributed by atoms with Crippen LogP contribution in [0.1, 0.15) is 25.6 Å². The Morgan fingerprint density at radius 2 is 2.35 bits per heavy atom. The molecular formula is C13H19N3O. The lowest BCUT2D eigenvalue weighted by atomic mass is 9.97. The van der Waals surface area contributed by atoms with Crippen molar-refractivity contribution in [2.75, 3.05) is 13.1 Å². The van der Waals surface area contributed by atoms with Gasteiger partial charge in [-0.15, -0.1) is 0 Å². The highest BCUT2D eigenvalue weighted by Crippen LogP contribution is 2.17. The zero-order valence-electron chi connectivity index (χ0n) is 10.3. The van der Waals surface area contributed by atoms with Crippen molar-refractivity contribution in [1.29, 1.82) is 0 Å². The highest BCUT2D eigenvalue weighted by atomic mass is 16.2. The highest BCUT2D eigenvalue weighted by Gasteiger charge is 2.30. The van der Waals surface area contributed by atoms with Crippen molar-refractivity contribution < 1.29 is 4.79 Å². The summed E-state index contributed by atoms with van der Waals surface area (Å²) in [5.74, 6) is 0.618. The van der Waals surface area contributed by atoms with Gasteiger partial charge in [0.05, 0.1) is 17.7 Å². The molecule has 17 heavy (non-hydrogen) atoms. The van der Waals surface area contributed by atoms with Crippen LogP contribution in [0.2, 0.25) is 0 Å². The summed E-state index contributed by atoms with van der Waals surface area (Å²) >= 11 is 0. The monoisotopic (exact) mass is 233 g/mol. The SMILES string of the molecule is CC(NC(=O)C1CNCC1C)c1ccccn1. The molecule has 4 nitrogen and oxygen atoms in total. The first-order chi connectivity index (χ1) is 8.18. The Balaban J connectivity index is 1.95. The summed E-state index contributed by atoms with van der Waals surface area (Å²) < 4.78 is 0. The first-order valence-corrected chi connectivity index (χ1v) is 6.10. The van der Waals surface area contributed by atoms with Gasteiger partial charge in [0.15, 0.2) is 0 Å². The van der Waals surface area contributed by atoms with E-state index in [2.05, 4.69) is 22.5 Å². The summed E-state index contributed by atoms with van der Waals surface area (Å²) in [6.07, 6.45) is 1.75. The maximum Gasteiger partial charge on any atom is 0.225 e. The molecule has 0 aliphatic carbocycles. The maximum absolute atomic E-state index is 12.1. The summed E-state index contributed by atoms with van der Waals surface area (Å²) in [7, 11) is 0. The summed E-state index contributed by atoms with van der Waals surface area (Å²) in [4.78, 5) is 16.3. The fourth-order valence-corrected chi connectivity index (χ4v) is 2.19. The number of rotatable bonds is 3. The van der Waals surface area contributed by atoms with Crippen LogP contribution in [0.4, 0.5) is 0 Å². The Labute approximate surface area is 102 Å². The van der Waals surface area contributed by atoms with E-state index >= 15 is 0 Å². The zero-order valence-corrected chi connectivity index (χ0v) is 10.3. The fraction of sp³-hybridized carbons (Fsp3) is 0.538. The Morgan fingerprint density at radius 3 is 2.94 bits per heavy atom. The Hall–Kier alpha value is -1.42. The van der Waals surface area contributed by atoms with E-state index in [9.17, 15) is 4.79 Å². The van der Waals surface area contributed by atoms with Crippen molar-refractivity contribution >= 4 is 5.91 Å². The number of nitrogens with zero attached hydrogens (tertiary/aromatic N) is 1. The third-order valence-electron chi connectivity index (χ3n) is 3.34. The summed E-state index contributed by atoms with van der Waals surface area (Å²) in [5, 5.41) is 6.27. The second-order valence-corrected chi connectivity index (χ2v) is 4.73. The number of carbonyl (C=O) groups excluding carboxylic acids is 1. The van der Waals surface area contributed by atoms with Gasteiger partial charge in [-0.05, 0) is 31.5 Å². The molecule has 2 heterocycles. The molecule has 4 heteroatoms. The lowest BCUT2D eigenvalue weighted by Gasteiger charge is -2.18. The summed E-state index contributed by atoms with van der Waals surface area (Å²) in [6, 6.07) is 5.71. The van der Waals surface area contributed by atoms with Crippen molar-refractivity contribution in [3.05, 3.63) is 30.1 Å². The van der Waals surface area contributed by atoms with E-state index in [-0.39, 0.29) is 17.9 Å². The average molecular weight is 233 g/mol. The topological polar surface area (TPSA) is 54.0 Å². The van der Waals surface area contributed by atoms with Gasteiger partial charge in [-0.1, -0.05) is 13.0 Å². The fourth-order valence-electron chi connectivity index (χ4n) is 2.19. The van der Waals surface area contributed by atoms with Crippen molar-refractivity contribution in [3.63, 3.8) is 0 Å². The number of pyridine rings is 1. The van der Waals surface area contributed by atoms with Crippen LogP contribution in [0, 0.1) is 11.8 Å². The molecule has 0 radical (unpaired) electrons. The van der Waals surface area contributed by atoms with Gasteiger partial charge in [0.2, 0.25) is 5.91 Å². The molecule has 3 atom stereocenters. The first-order valence-electron chi connectivity index (χ1n) is 6.10. The molecule has 2 rings (SSSR count). The summed E-state index contributed by atoms with van der Waals surface area (Å²) in [5.41, 5.74) is 0.902. The largest absolute Gasteiger partial charge is 0.348 e. The van der Waals surface area contributed by atoms with Crippen LogP contribution < -0.4 is 10.6 Å². The van der Waals surface area contributed by atoms with Crippen LogP contribution >= 0.6 is 0 Å². The predicted molar refractivity (Wildman–Crippen MR) is 66.3 cm³/mol. The normalized spacial score (nSPS) is 25.5. The average Bonchev–Trinajstić information content (AvgIpc) is 2.76. The van der Waals surface area contributed by atoms with E-state index in [1.54, 1.807) is 6.20 Å².